The van der Waals surface area contributed by atoms with E-state index < -0.39 is 16.4 Å². The number of halogens is 4. The third kappa shape index (κ3) is 8.46. The average Bonchev–Trinajstić information content (AvgIpc) is 2.42. The van der Waals surface area contributed by atoms with E-state index in [2.05, 4.69) is 0 Å². The molecule has 2 atom stereocenters. The highest BCUT2D eigenvalue weighted by Gasteiger charge is 2.38. The van der Waals surface area contributed by atoms with Gasteiger partial charge in [-0.1, -0.05) is 24.9 Å². The van der Waals surface area contributed by atoms with E-state index in [1.165, 1.54) is 0 Å². The zero-order chi connectivity index (χ0) is 14.7. The largest absolute Gasteiger partial charge is 0.461 e. The summed E-state index contributed by atoms with van der Waals surface area (Å²) in [7, 11) is 0. The van der Waals surface area contributed by atoms with Crippen LogP contribution in [0, 0.1) is 0 Å². The molecule has 19 heavy (non-hydrogen) atoms. The van der Waals surface area contributed by atoms with E-state index >= 15 is 0 Å². The second-order valence-corrected chi connectivity index (χ2v) is 5.99. The number of hydrogen-bond acceptors (Lipinski definition) is 3. The quantitative estimate of drug-likeness (QED) is 0.318. The van der Waals surface area contributed by atoms with Gasteiger partial charge in [0.2, 0.25) is 5.06 Å². The highest BCUT2D eigenvalue weighted by Crippen LogP contribution is 2.26. The smallest absolute Gasteiger partial charge is 0.354 e. The van der Waals surface area contributed by atoms with Gasteiger partial charge in [0.25, 0.3) is 0 Å². The van der Waals surface area contributed by atoms with Crippen molar-refractivity contribution >= 4 is 52.4 Å². The number of unbranched alkanes of at least 4 members (excludes halogenated alkanes) is 1. The molecule has 0 spiro atoms. The van der Waals surface area contributed by atoms with Crippen molar-refractivity contribution in [1.82, 2.24) is 0 Å². The van der Waals surface area contributed by atoms with Gasteiger partial charge in [-0.2, -0.15) is 0 Å². The van der Waals surface area contributed by atoms with Crippen molar-refractivity contribution in [2.45, 2.75) is 43.0 Å². The first-order chi connectivity index (χ1) is 9.00. The Bertz CT molecular complexity index is 253. The highest BCUT2D eigenvalue weighted by atomic mass is 35.5. The van der Waals surface area contributed by atoms with E-state index in [0.29, 0.717) is 25.3 Å². The highest BCUT2D eigenvalue weighted by molar-refractivity contribution is 6.33. The molecule has 0 aliphatic rings. The fourth-order valence-corrected chi connectivity index (χ4v) is 1.78. The minimum absolute atomic E-state index is 0.0103. The third-order valence-electron chi connectivity index (χ3n) is 2.33. The van der Waals surface area contributed by atoms with E-state index in [9.17, 15) is 4.79 Å². The van der Waals surface area contributed by atoms with Crippen LogP contribution in [0.4, 0.5) is 0 Å². The Morgan fingerprint density at radius 2 is 2.00 bits per heavy atom. The summed E-state index contributed by atoms with van der Waals surface area (Å²) in [6, 6.07) is 0. The van der Waals surface area contributed by atoms with Gasteiger partial charge in [0.1, 0.15) is 6.61 Å². The van der Waals surface area contributed by atoms with Gasteiger partial charge in [-0.3, -0.25) is 0 Å². The standard InChI is InChI=1S/C12H20Cl4O3/c1-2-3-7-19-12(16,5-4-6-13)11(17)18-9-10(15)8-14/h10H,2-9H2,1H3. The molecule has 0 aromatic heterocycles. The van der Waals surface area contributed by atoms with Crippen molar-refractivity contribution in [3.8, 4) is 0 Å². The van der Waals surface area contributed by atoms with Crippen LogP contribution in [0.1, 0.15) is 32.6 Å². The van der Waals surface area contributed by atoms with Gasteiger partial charge >= 0.3 is 5.97 Å². The van der Waals surface area contributed by atoms with Crippen molar-refractivity contribution in [3.05, 3.63) is 0 Å². The van der Waals surface area contributed by atoms with Gasteiger partial charge in [0.15, 0.2) is 0 Å². The van der Waals surface area contributed by atoms with E-state index in [-0.39, 0.29) is 12.5 Å². The number of carbonyl (C=O) groups excluding carboxylic acids is 1. The molecule has 3 nitrogen and oxygen atoms in total. The van der Waals surface area contributed by atoms with Crippen LogP contribution in [0.5, 0.6) is 0 Å². The van der Waals surface area contributed by atoms with Gasteiger partial charge in [0.05, 0.1) is 5.38 Å². The minimum atomic E-state index is -1.48. The molecular formula is C12H20Cl4O3. The number of alkyl halides is 4. The van der Waals surface area contributed by atoms with E-state index in [1.54, 1.807) is 0 Å². The molecule has 0 saturated heterocycles. The molecule has 0 aliphatic carbocycles. The summed E-state index contributed by atoms with van der Waals surface area (Å²) in [4.78, 5) is 12.0. The first-order valence-electron chi connectivity index (χ1n) is 6.26. The Morgan fingerprint density at radius 3 is 2.53 bits per heavy atom. The number of rotatable bonds is 11. The lowest BCUT2D eigenvalue weighted by Crippen LogP contribution is -2.39. The lowest BCUT2D eigenvalue weighted by molar-refractivity contribution is -0.162. The van der Waals surface area contributed by atoms with Gasteiger partial charge in [-0.05, 0) is 12.8 Å². The van der Waals surface area contributed by atoms with E-state index in [1.807, 2.05) is 6.92 Å². The zero-order valence-corrected chi connectivity index (χ0v) is 14.0. The van der Waals surface area contributed by atoms with Crippen LogP contribution in [-0.2, 0) is 14.3 Å². The van der Waals surface area contributed by atoms with Crippen LogP contribution in [0.2, 0.25) is 0 Å². The Kier molecular flexibility index (Phi) is 11.6. The van der Waals surface area contributed by atoms with Gasteiger partial charge in [0, 0.05) is 24.8 Å². The number of esters is 1. The predicted molar refractivity (Wildman–Crippen MR) is 80.7 cm³/mol. The summed E-state index contributed by atoms with van der Waals surface area (Å²) < 4.78 is 10.5. The fraction of sp³-hybridized carbons (Fsp3) is 0.917. The Hall–Kier alpha value is 0.590. The molecule has 114 valence electrons. The lowest BCUT2D eigenvalue weighted by Gasteiger charge is -2.25. The van der Waals surface area contributed by atoms with Crippen molar-refractivity contribution < 1.29 is 14.3 Å². The van der Waals surface area contributed by atoms with E-state index in [4.69, 9.17) is 55.9 Å². The van der Waals surface area contributed by atoms with Crippen LogP contribution in [0.3, 0.4) is 0 Å². The van der Waals surface area contributed by atoms with Gasteiger partial charge in [-0.15, -0.1) is 34.8 Å². The first kappa shape index (κ1) is 19.6. The van der Waals surface area contributed by atoms with Gasteiger partial charge < -0.3 is 9.47 Å². The van der Waals surface area contributed by atoms with Crippen LogP contribution in [0.25, 0.3) is 0 Å². The molecule has 7 heteroatoms. The molecule has 0 fully saturated rings. The van der Waals surface area contributed by atoms with Crippen LogP contribution >= 0.6 is 46.4 Å². The second-order valence-electron chi connectivity index (χ2n) is 4.07. The van der Waals surface area contributed by atoms with Crippen LogP contribution in [0.15, 0.2) is 0 Å². The summed E-state index contributed by atoms with van der Waals surface area (Å²) in [5.74, 6) is -0.0348. The van der Waals surface area contributed by atoms with Crippen molar-refractivity contribution in [3.63, 3.8) is 0 Å². The van der Waals surface area contributed by atoms with Crippen LogP contribution in [-0.4, -0.2) is 41.4 Å². The van der Waals surface area contributed by atoms with Crippen molar-refractivity contribution in [1.29, 1.82) is 0 Å². The zero-order valence-electron chi connectivity index (χ0n) is 11.0. The SMILES string of the molecule is CCCCOC(Cl)(CCCCl)C(=O)OCC(Cl)CCl. The Labute approximate surface area is 134 Å². The minimum Gasteiger partial charge on any atom is -0.461 e. The molecule has 0 heterocycles. The molecule has 0 radical (unpaired) electrons. The molecule has 0 aliphatic heterocycles. The summed E-state index contributed by atoms with van der Waals surface area (Å²) in [6.07, 6.45) is 2.64. The number of ether oxygens (including phenoxy) is 2. The number of hydrogen-bond donors (Lipinski definition) is 0. The van der Waals surface area contributed by atoms with Crippen molar-refractivity contribution in [2.24, 2.45) is 0 Å². The molecule has 0 saturated carbocycles. The second kappa shape index (κ2) is 11.3. The Balaban J connectivity index is 4.39. The maximum atomic E-state index is 12.0. The van der Waals surface area contributed by atoms with Crippen molar-refractivity contribution in [2.75, 3.05) is 25.0 Å². The molecule has 0 bridgehead atoms. The maximum Gasteiger partial charge on any atom is 0.354 e. The predicted octanol–water partition coefficient (Wildman–Crippen LogP) is 4.15. The molecule has 0 rings (SSSR count). The van der Waals surface area contributed by atoms with Crippen LogP contribution < -0.4 is 0 Å². The lowest BCUT2D eigenvalue weighted by atomic mass is 10.2. The average molecular weight is 354 g/mol. The Morgan fingerprint density at radius 1 is 1.32 bits per heavy atom. The molecule has 0 aromatic rings. The summed E-state index contributed by atoms with van der Waals surface area (Å²) in [5.41, 5.74) is 0. The monoisotopic (exact) mass is 352 g/mol. The topological polar surface area (TPSA) is 35.5 Å². The summed E-state index contributed by atoms with van der Waals surface area (Å²) >= 11 is 23.1. The molecular weight excluding hydrogens is 334 g/mol. The first-order valence-corrected chi connectivity index (χ1v) is 8.14. The maximum absolute atomic E-state index is 12.0. The fourth-order valence-electron chi connectivity index (χ4n) is 1.22. The summed E-state index contributed by atoms with van der Waals surface area (Å²) in [5, 5.41) is -1.91. The van der Waals surface area contributed by atoms with Gasteiger partial charge in [-0.25, -0.2) is 4.79 Å². The third-order valence-corrected chi connectivity index (χ3v) is 3.86. The molecule has 0 N–H and O–H groups in total. The molecule has 0 aromatic carbocycles. The van der Waals surface area contributed by atoms with E-state index in [0.717, 1.165) is 12.8 Å². The molecule has 0 amide bonds. The molecule has 2 unspecified atom stereocenters. The summed E-state index contributed by atoms with van der Waals surface area (Å²) in [6.45, 7) is 2.43. The number of carbonyl (C=O) groups is 1. The normalized spacial score (nSPS) is 15.8.